The van der Waals surface area contributed by atoms with E-state index >= 15 is 0 Å². The molecular formula is C22H36N4O2. The first-order valence-electron chi connectivity index (χ1n) is 10.2. The van der Waals surface area contributed by atoms with Gasteiger partial charge >= 0.3 is 6.09 Å². The van der Waals surface area contributed by atoms with E-state index in [2.05, 4.69) is 42.8 Å². The number of piperidine rings is 1. The number of carbonyl (C=O) groups excluding carboxylic acids is 1. The van der Waals surface area contributed by atoms with E-state index < -0.39 is 5.60 Å². The van der Waals surface area contributed by atoms with Gasteiger partial charge in [0.15, 0.2) is 0 Å². The number of hydrogen-bond donors (Lipinski definition) is 0. The Morgan fingerprint density at radius 3 is 2.71 bits per heavy atom. The van der Waals surface area contributed by atoms with Crippen LogP contribution in [0.25, 0.3) is 12.2 Å². The standard InChI is InChI=1S/C22H36N4O2/c1-8-19-18(16-23-26(19)14-13-24(6)7)15-17(2)20-11-9-10-12-25(20)21(27)28-22(3,4)5/h8,15-16,20H,2,9-14H2,1,3-7H3/b18-15-,19-8+/t20-/m0/s1. The lowest BCUT2D eigenvalue weighted by Crippen LogP contribution is -2.46. The first-order valence-corrected chi connectivity index (χ1v) is 10.2. The minimum Gasteiger partial charge on any atom is -0.444 e. The zero-order valence-corrected chi connectivity index (χ0v) is 18.4. The lowest BCUT2D eigenvalue weighted by molar-refractivity contribution is 0.0143. The average Bonchev–Trinajstić information content (AvgIpc) is 3.00. The van der Waals surface area contributed by atoms with E-state index in [1.807, 2.05) is 43.5 Å². The molecule has 1 atom stereocenters. The highest BCUT2D eigenvalue weighted by atomic mass is 16.6. The van der Waals surface area contributed by atoms with Crippen LogP contribution in [-0.4, -0.2) is 64.5 Å². The SMILES string of the molecule is C=C(/C=c1/cnn(CCN(C)C)/c1=C/C)[C@@H]1CCCCN1C(=O)OC(C)(C)C. The Morgan fingerprint density at radius 2 is 2.11 bits per heavy atom. The van der Waals surface area contributed by atoms with Crippen LogP contribution in [0, 0.1) is 0 Å². The van der Waals surface area contributed by atoms with Crippen molar-refractivity contribution in [1.29, 1.82) is 0 Å². The van der Waals surface area contributed by atoms with Crippen LogP contribution in [0.2, 0.25) is 0 Å². The Morgan fingerprint density at radius 1 is 1.39 bits per heavy atom. The minimum atomic E-state index is -0.498. The Kier molecular flexibility index (Phi) is 7.47. The van der Waals surface area contributed by atoms with Gasteiger partial charge in [-0.1, -0.05) is 12.7 Å². The van der Waals surface area contributed by atoms with Crippen LogP contribution in [0.4, 0.5) is 4.79 Å². The monoisotopic (exact) mass is 388 g/mol. The number of nitrogens with zero attached hydrogens (tertiary/aromatic N) is 4. The molecule has 6 heteroatoms. The average molecular weight is 389 g/mol. The molecule has 0 bridgehead atoms. The molecule has 1 aliphatic rings. The van der Waals surface area contributed by atoms with Crippen LogP contribution in [0.15, 0.2) is 18.3 Å². The van der Waals surface area contributed by atoms with Gasteiger partial charge in [-0.25, -0.2) is 4.79 Å². The molecule has 2 rings (SSSR count). The van der Waals surface area contributed by atoms with Crippen molar-refractivity contribution in [1.82, 2.24) is 19.6 Å². The maximum Gasteiger partial charge on any atom is 0.410 e. The highest BCUT2D eigenvalue weighted by molar-refractivity contribution is 5.70. The number of rotatable bonds is 5. The molecule has 2 heterocycles. The number of ether oxygens (including phenoxy) is 1. The molecule has 1 aliphatic heterocycles. The van der Waals surface area contributed by atoms with E-state index in [4.69, 9.17) is 4.74 Å². The lowest BCUT2D eigenvalue weighted by Gasteiger charge is -2.37. The minimum absolute atomic E-state index is 0.0292. The molecule has 1 aromatic rings. The summed E-state index contributed by atoms with van der Waals surface area (Å²) >= 11 is 0. The van der Waals surface area contributed by atoms with Crippen molar-refractivity contribution in [2.75, 3.05) is 27.2 Å². The third-order valence-electron chi connectivity index (χ3n) is 4.84. The molecule has 0 N–H and O–H groups in total. The summed E-state index contributed by atoms with van der Waals surface area (Å²) in [6.07, 6.45) is 8.78. The number of likely N-dealkylation sites (N-methyl/N-ethyl adjacent to an activating group) is 1. The van der Waals surface area contributed by atoms with Crippen LogP contribution < -0.4 is 10.6 Å². The molecule has 0 unspecified atom stereocenters. The third kappa shape index (κ3) is 5.96. The van der Waals surface area contributed by atoms with Crippen molar-refractivity contribution in [3.05, 3.63) is 28.9 Å². The van der Waals surface area contributed by atoms with Crippen LogP contribution in [0.1, 0.15) is 47.0 Å². The number of carbonyl (C=O) groups is 1. The summed E-state index contributed by atoms with van der Waals surface area (Å²) in [6, 6.07) is -0.0292. The Balaban J connectivity index is 2.25. The van der Waals surface area contributed by atoms with E-state index in [0.717, 1.165) is 48.5 Å². The summed E-state index contributed by atoms with van der Waals surface area (Å²) in [4.78, 5) is 16.7. The van der Waals surface area contributed by atoms with Gasteiger partial charge in [-0.2, -0.15) is 5.10 Å². The maximum atomic E-state index is 12.7. The van der Waals surface area contributed by atoms with Crippen molar-refractivity contribution in [2.45, 2.75) is 65.1 Å². The molecule has 28 heavy (non-hydrogen) atoms. The second-order valence-corrected chi connectivity index (χ2v) is 8.70. The van der Waals surface area contributed by atoms with Crippen LogP contribution in [0.5, 0.6) is 0 Å². The molecule has 0 aliphatic carbocycles. The molecule has 0 spiro atoms. The topological polar surface area (TPSA) is 50.6 Å². The molecule has 0 aromatic carbocycles. The summed E-state index contributed by atoms with van der Waals surface area (Å²) < 4.78 is 7.64. The molecule has 0 saturated carbocycles. The first-order chi connectivity index (χ1) is 13.1. The molecule has 6 nitrogen and oxygen atoms in total. The van der Waals surface area contributed by atoms with Crippen molar-refractivity contribution >= 4 is 18.2 Å². The van der Waals surface area contributed by atoms with Gasteiger partial charge < -0.3 is 14.5 Å². The van der Waals surface area contributed by atoms with E-state index in [-0.39, 0.29) is 12.1 Å². The molecule has 1 saturated heterocycles. The molecule has 1 fully saturated rings. The van der Waals surface area contributed by atoms with E-state index in [0.29, 0.717) is 6.54 Å². The second kappa shape index (κ2) is 9.41. The van der Waals surface area contributed by atoms with Crippen molar-refractivity contribution < 1.29 is 9.53 Å². The van der Waals surface area contributed by atoms with Crippen LogP contribution in [0.3, 0.4) is 0 Å². The predicted molar refractivity (Wildman–Crippen MR) is 114 cm³/mol. The fraction of sp³-hybridized carbons (Fsp3) is 0.636. The first kappa shape index (κ1) is 22.2. The second-order valence-electron chi connectivity index (χ2n) is 8.70. The normalized spacial score (nSPS) is 19.4. The smallest absolute Gasteiger partial charge is 0.410 e. The Labute approximate surface area is 169 Å². The quantitative estimate of drug-likeness (QED) is 0.777. The summed E-state index contributed by atoms with van der Waals surface area (Å²) in [5.74, 6) is 0. The number of amides is 1. The highest BCUT2D eigenvalue weighted by Crippen LogP contribution is 2.25. The fourth-order valence-corrected chi connectivity index (χ4v) is 3.46. The summed E-state index contributed by atoms with van der Waals surface area (Å²) in [5, 5.41) is 6.67. The van der Waals surface area contributed by atoms with E-state index in [1.54, 1.807) is 0 Å². The largest absolute Gasteiger partial charge is 0.444 e. The summed E-state index contributed by atoms with van der Waals surface area (Å²) in [7, 11) is 4.12. The zero-order valence-electron chi connectivity index (χ0n) is 18.4. The van der Waals surface area contributed by atoms with Gasteiger partial charge in [0.05, 0.1) is 24.1 Å². The molecule has 1 amide bonds. The molecule has 0 radical (unpaired) electrons. The van der Waals surface area contributed by atoms with Crippen LogP contribution >= 0.6 is 0 Å². The summed E-state index contributed by atoms with van der Waals surface area (Å²) in [5.41, 5.74) is 0.433. The Bertz CT molecular complexity index is 801. The van der Waals surface area contributed by atoms with Crippen LogP contribution in [-0.2, 0) is 11.3 Å². The number of likely N-dealkylation sites (tertiary alicyclic amines) is 1. The highest BCUT2D eigenvalue weighted by Gasteiger charge is 2.31. The van der Waals surface area contributed by atoms with Gasteiger partial charge in [0.1, 0.15) is 5.60 Å². The van der Waals surface area contributed by atoms with E-state index in [1.165, 1.54) is 0 Å². The molecule has 156 valence electrons. The number of aromatic nitrogens is 2. The van der Waals surface area contributed by atoms with Gasteiger partial charge in [-0.15, -0.1) is 0 Å². The van der Waals surface area contributed by atoms with Crippen molar-refractivity contribution in [3.8, 4) is 0 Å². The lowest BCUT2D eigenvalue weighted by atomic mass is 9.96. The van der Waals surface area contributed by atoms with Gasteiger partial charge in [0.2, 0.25) is 0 Å². The summed E-state index contributed by atoms with van der Waals surface area (Å²) in [6.45, 7) is 14.5. The van der Waals surface area contributed by atoms with Gasteiger partial charge in [0, 0.05) is 18.3 Å². The van der Waals surface area contributed by atoms with E-state index in [9.17, 15) is 4.79 Å². The van der Waals surface area contributed by atoms with Gasteiger partial charge in [-0.05, 0) is 72.7 Å². The molecular weight excluding hydrogens is 352 g/mol. The number of hydrogen-bond acceptors (Lipinski definition) is 4. The zero-order chi connectivity index (χ0) is 20.9. The molecule has 1 aromatic heterocycles. The van der Waals surface area contributed by atoms with Gasteiger partial charge in [0.25, 0.3) is 0 Å². The van der Waals surface area contributed by atoms with Gasteiger partial charge in [-0.3, -0.25) is 4.68 Å². The van der Waals surface area contributed by atoms with Crippen molar-refractivity contribution in [2.24, 2.45) is 0 Å². The maximum absolute atomic E-state index is 12.7. The fourth-order valence-electron chi connectivity index (χ4n) is 3.46. The van der Waals surface area contributed by atoms with Crippen molar-refractivity contribution in [3.63, 3.8) is 0 Å². The predicted octanol–water partition coefficient (Wildman–Crippen LogP) is 2.37. The third-order valence-corrected chi connectivity index (χ3v) is 4.84. The Hall–Kier alpha value is -2.08.